The Balaban J connectivity index is 1.58. The number of nitrogens with one attached hydrogen (secondary N) is 1. The van der Waals surface area contributed by atoms with E-state index in [0.717, 1.165) is 30.4 Å². The fourth-order valence-corrected chi connectivity index (χ4v) is 4.29. The van der Waals surface area contributed by atoms with Crippen LogP contribution in [0.3, 0.4) is 0 Å². The van der Waals surface area contributed by atoms with Crippen molar-refractivity contribution in [3.8, 4) is 11.1 Å². The van der Waals surface area contributed by atoms with E-state index in [-0.39, 0.29) is 17.7 Å². The lowest BCUT2D eigenvalue weighted by atomic mass is 9.79. The molecule has 1 saturated carbocycles. The van der Waals surface area contributed by atoms with Crippen molar-refractivity contribution < 1.29 is 9.59 Å². The molecule has 0 bridgehead atoms. The van der Waals surface area contributed by atoms with E-state index in [0.29, 0.717) is 26.1 Å². The van der Waals surface area contributed by atoms with Gasteiger partial charge in [0.05, 0.1) is 5.41 Å². The zero-order valence-corrected chi connectivity index (χ0v) is 16.5. The van der Waals surface area contributed by atoms with Crippen molar-refractivity contribution in [1.82, 2.24) is 10.2 Å². The molecule has 2 fully saturated rings. The maximum atomic E-state index is 13.0. The molecule has 4 nitrogen and oxygen atoms in total. The molecule has 1 unspecified atom stereocenters. The van der Waals surface area contributed by atoms with Crippen LogP contribution in [-0.2, 0) is 16.0 Å². The predicted molar refractivity (Wildman–Crippen MR) is 111 cm³/mol. The highest BCUT2D eigenvalue weighted by molar-refractivity contribution is 5.87. The van der Waals surface area contributed by atoms with Gasteiger partial charge in [-0.1, -0.05) is 54.6 Å². The third kappa shape index (κ3) is 3.82. The molecular weight excluding hydrogens is 348 g/mol. The van der Waals surface area contributed by atoms with Crippen molar-refractivity contribution in [2.24, 2.45) is 11.3 Å². The van der Waals surface area contributed by atoms with Crippen molar-refractivity contribution in [2.45, 2.75) is 32.6 Å². The van der Waals surface area contributed by atoms with Gasteiger partial charge in [0, 0.05) is 25.6 Å². The van der Waals surface area contributed by atoms with Crippen molar-refractivity contribution in [3.05, 3.63) is 60.2 Å². The molecule has 28 heavy (non-hydrogen) atoms. The van der Waals surface area contributed by atoms with Crippen LogP contribution in [0.1, 0.15) is 31.7 Å². The molecule has 2 amide bonds. The van der Waals surface area contributed by atoms with Gasteiger partial charge in [0.15, 0.2) is 0 Å². The first-order valence-electron chi connectivity index (χ1n) is 10.3. The van der Waals surface area contributed by atoms with Gasteiger partial charge in [0.2, 0.25) is 11.8 Å². The Kier molecular flexibility index (Phi) is 5.21. The second-order valence-electron chi connectivity index (χ2n) is 8.17. The number of benzene rings is 2. The second-order valence-corrected chi connectivity index (χ2v) is 8.17. The van der Waals surface area contributed by atoms with E-state index in [9.17, 15) is 9.59 Å². The summed E-state index contributed by atoms with van der Waals surface area (Å²) in [6.45, 7) is 3.78. The fraction of sp³-hybridized carbons (Fsp3) is 0.417. The molecule has 1 heterocycles. The molecule has 1 N–H and O–H groups in total. The quantitative estimate of drug-likeness (QED) is 0.836. The maximum absolute atomic E-state index is 13.0. The van der Waals surface area contributed by atoms with E-state index in [1.807, 2.05) is 30.0 Å². The minimum absolute atomic E-state index is 0.0752. The summed E-state index contributed by atoms with van der Waals surface area (Å²) < 4.78 is 0. The second kappa shape index (κ2) is 7.78. The molecule has 146 valence electrons. The van der Waals surface area contributed by atoms with Gasteiger partial charge in [-0.05, 0) is 49.3 Å². The van der Waals surface area contributed by atoms with Gasteiger partial charge in [-0.3, -0.25) is 9.59 Å². The van der Waals surface area contributed by atoms with Gasteiger partial charge in [0.25, 0.3) is 0 Å². The average Bonchev–Trinajstić information content (AvgIpc) is 3.49. The average molecular weight is 377 g/mol. The molecule has 0 radical (unpaired) electrons. The lowest BCUT2D eigenvalue weighted by molar-refractivity contribution is -0.134. The lowest BCUT2D eigenvalue weighted by Gasteiger charge is -2.28. The molecule has 1 aliphatic heterocycles. The van der Waals surface area contributed by atoms with Gasteiger partial charge >= 0.3 is 0 Å². The number of hydrogen-bond acceptors (Lipinski definition) is 2. The molecule has 1 atom stereocenters. The molecule has 1 aliphatic carbocycles. The lowest BCUT2D eigenvalue weighted by Crippen LogP contribution is -2.45. The number of amides is 2. The minimum atomic E-state index is -0.532. The minimum Gasteiger partial charge on any atom is -0.356 e. The summed E-state index contributed by atoms with van der Waals surface area (Å²) in [6.07, 6.45) is 3.39. The van der Waals surface area contributed by atoms with Gasteiger partial charge < -0.3 is 10.2 Å². The molecule has 4 heteroatoms. The summed E-state index contributed by atoms with van der Waals surface area (Å²) in [5.74, 6) is 0.516. The monoisotopic (exact) mass is 376 g/mol. The van der Waals surface area contributed by atoms with Crippen LogP contribution >= 0.6 is 0 Å². The Labute approximate surface area is 166 Å². The molecule has 0 spiro atoms. The Morgan fingerprint density at radius 3 is 2.54 bits per heavy atom. The number of rotatable bonds is 6. The SMILES string of the molecule is CCNC(=O)C1(Cc2cccc(-c3ccccc3)c2)CCN(C(=O)C2CC2)C1. The summed E-state index contributed by atoms with van der Waals surface area (Å²) >= 11 is 0. The van der Waals surface area contributed by atoms with Gasteiger partial charge in [-0.25, -0.2) is 0 Å². The smallest absolute Gasteiger partial charge is 0.228 e. The van der Waals surface area contributed by atoms with Crippen LogP contribution in [-0.4, -0.2) is 36.3 Å². The van der Waals surface area contributed by atoms with Gasteiger partial charge in [-0.2, -0.15) is 0 Å². The summed E-state index contributed by atoms with van der Waals surface area (Å²) in [5.41, 5.74) is 2.95. The Morgan fingerprint density at radius 2 is 1.82 bits per heavy atom. The van der Waals surface area contributed by atoms with Crippen molar-refractivity contribution in [3.63, 3.8) is 0 Å². The molecule has 2 aliphatic rings. The highest BCUT2D eigenvalue weighted by atomic mass is 16.2. The number of carbonyl (C=O) groups is 2. The Bertz CT molecular complexity index is 860. The van der Waals surface area contributed by atoms with Crippen molar-refractivity contribution in [2.75, 3.05) is 19.6 Å². The summed E-state index contributed by atoms with van der Waals surface area (Å²) in [7, 11) is 0. The highest BCUT2D eigenvalue weighted by Gasteiger charge is 2.47. The Hall–Kier alpha value is -2.62. The standard InChI is InChI=1S/C24H28N2O2/c1-2-25-23(28)24(13-14-26(17-24)22(27)20-11-12-20)16-18-7-6-10-21(15-18)19-8-4-3-5-9-19/h3-10,15,20H,2,11-14,16-17H2,1H3,(H,25,28). The largest absolute Gasteiger partial charge is 0.356 e. The predicted octanol–water partition coefficient (Wildman–Crippen LogP) is 3.66. The van der Waals surface area contributed by atoms with E-state index in [2.05, 4.69) is 41.7 Å². The zero-order chi connectivity index (χ0) is 19.6. The normalized spacial score (nSPS) is 21.5. The summed E-state index contributed by atoms with van der Waals surface area (Å²) in [4.78, 5) is 27.5. The molecule has 2 aromatic carbocycles. The Morgan fingerprint density at radius 1 is 1.07 bits per heavy atom. The van der Waals surface area contributed by atoms with Crippen molar-refractivity contribution >= 4 is 11.8 Å². The van der Waals surface area contributed by atoms with Gasteiger partial charge in [0.1, 0.15) is 0 Å². The number of nitrogens with zero attached hydrogens (tertiary/aromatic N) is 1. The topological polar surface area (TPSA) is 49.4 Å². The van der Waals surface area contributed by atoms with E-state index >= 15 is 0 Å². The number of likely N-dealkylation sites (tertiary alicyclic amines) is 1. The highest BCUT2D eigenvalue weighted by Crippen LogP contribution is 2.39. The maximum Gasteiger partial charge on any atom is 0.228 e. The van der Waals surface area contributed by atoms with E-state index in [1.54, 1.807) is 0 Å². The van der Waals surface area contributed by atoms with Crippen LogP contribution in [0.4, 0.5) is 0 Å². The molecular formula is C24H28N2O2. The summed E-state index contributed by atoms with van der Waals surface area (Å²) in [6, 6.07) is 18.7. The van der Waals surface area contributed by atoms with E-state index in [4.69, 9.17) is 0 Å². The molecule has 0 aromatic heterocycles. The van der Waals surface area contributed by atoms with Crippen LogP contribution in [0.5, 0.6) is 0 Å². The van der Waals surface area contributed by atoms with Crippen LogP contribution in [0, 0.1) is 11.3 Å². The first kappa shape index (κ1) is 18.7. The number of carbonyl (C=O) groups excluding carboxylic acids is 2. The van der Waals surface area contributed by atoms with Crippen molar-refractivity contribution in [1.29, 1.82) is 0 Å². The van der Waals surface area contributed by atoms with Crippen LogP contribution in [0.2, 0.25) is 0 Å². The zero-order valence-electron chi connectivity index (χ0n) is 16.5. The first-order valence-corrected chi connectivity index (χ1v) is 10.3. The number of hydrogen-bond donors (Lipinski definition) is 1. The molecule has 2 aromatic rings. The first-order chi connectivity index (χ1) is 13.6. The molecule has 4 rings (SSSR count). The third-order valence-corrected chi connectivity index (χ3v) is 5.99. The van der Waals surface area contributed by atoms with Crippen LogP contribution in [0.25, 0.3) is 11.1 Å². The van der Waals surface area contributed by atoms with E-state index < -0.39 is 5.41 Å². The van der Waals surface area contributed by atoms with E-state index in [1.165, 1.54) is 5.56 Å². The van der Waals surface area contributed by atoms with Crippen LogP contribution in [0.15, 0.2) is 54.6 Å². The third-order valence-electron chi connectivity index (χ3n) is 5.99. The summed E-state index contributed by atoms with van der Waals surface area (Å²) in [5, 5.41) is 3.02. The fourth-order valence-electron chi connectivity index (χ4n) is 4.29. The van der Waals surface area contributed by atoms with Gasteiger partial charge in [-0.15, -0.1) is 0 Å². The van der Waals surface area contributed by atoms with Crippen LogP contribution < -0.4 is 5.32 Å². The molecule has 1 saturated heterocycles.